The van der Waals surface area contributed by atoms with Crippen LogP contribution < -0.4 is 5.32 Å². The summed E-state index contributed by atoms with van der Waals surface area (Å²) in [6.07, 6.45) is 2.90. The molecule has 0 aliphatic carbocycles. The summed E-state index contributed by atoms with van der Waals surface area (Å²) in [6.45, 7) is 4.64. The fraction of sp³-hybridized carbons (Fsp3) is 0.667. The number of ether oxygens (including phenoxy) is 1. The highest BCUT2D eigenvalue weighted by Crippen LogP contribution is 2.13. The van der Waals surface area contributed by atoms with Gasteiger partial charge in [0.1, 0.15) is 18.1 Å². The van der Waals surface area contributed by atoms with Crippen LogP contribution in [-0.4, -0.2) is 43.7 Å². The molecule has 0 bridgehead atoms. The van der Waals surface area contributed by atoms with Crippen molar-refractivity contribution < 1.29 is 13.9 Å². The molecule has 1 saturated heterocycles. The fourth-order valence-electron chi connectivity index (χ4n) is 2.50. The molecule has 1 aliphatic heterocycles. The fourth-order valence-corrected chi connectivity index (χ4v) is 2.50. The number of rotatable bonds is 6. The summed E-state index contributed by atoms with van der Waals surface area (Å²) >= 11 is 0. The Morgan fingerprint density at radius 2 is 2.10 bits per heavy atom. The van der Waals surface area contributed by atoms with Gasteiger partial charge in [0.05, 0.1) is 6.54 Å². The number of nitrogens with one attached hydrogen (secondary N) is 1. The van der Waals surface area contributed by atoms with E-state index in [9.17, 15) is 4.79 Å². The van der Waals surface area contributed by atoms with Crippen molar-refractivity contribution in [3.05, 3.63) is 23.7 Å². The molecule has 20 heavy (non-hydrogen) atoms. The molecule has 1 aromatic rings. The lowest BCUT2D eigenvalue weighted by Crippen LogP contribution is -2.45. The summed E-state index contributed by atoms with van der Waals surface area (Å²) < 4.78 is 10.6. The quantitative estimate of drug-likeness (QED) is 0.859. The second-order valence-corrected chi connectivity index (χ2v) is 5.19. The molecule has 2 heterocycles. The molecule has 0 radical (unpaired) electrons. The van der Waals surface area contributed by atoms with Crippen molar-refractivity contribution in [2.24, 2.45) is 0 Å². The van der Waals surface area contributed by atoms with Gasteiger partial charge >= 0.3 is 0 Å². The highest BCUT2D eigenvalue weighted by atomic mass is 16.5. The maximum absolute atomic E-state index is 11.7. The monoisotopic (exact) mass is 280 g/mol. The number of piperidine rings is 1. The Hall–Kier alpha value is -1.33. The second-order valence-electron chi connectivity index (χ2n) is 5.19. The van der Waals surface area contributed by atoms with Crippen molar-refractivity contribution in [2.45, 2.75) is 38.8 Å². The molecule has 0 unspecified atom stereocenters. The maximum atomic E-state index is 11.7. The van der Waals surface area contributed by atoms with Crippen LogP contribution >= 0.6 is 0 Å². The van der Waals surface area contributed by atoms with E-state index in [1.165, 1.54) is 0 Å². The van der Waals surface area contributed by atoms with Crippen molar-refractivity contribution >= 4 is 5.91 Å². The molecule has 0 atom stereocenters. The zero-order valence-electron chi connectivity index (χ0n) is 12.4. The number of carbonyl (C=O) groups is 1. The van der Waals surface area contributed by atoms with E-state index in [1.807, 2.05) is 17.0 Å². The molecule has 112 valence electrons. The Morgan fingerprint density at radius 3 is 2.70 bits per heavy atom. The summed E-state index contributed by atoms with van der Waals surface area (Å²) in [5.41, 5.74) is 0. The minimum atomic E-state index is 0.0876. The molecule has 0 aromatic carbocycles. The van der Waals surface area contributed by atoms with E-state index in [0.29, 0.717) is 6.04 Å². The Labute approximate surface area is 120 Å². The number of nitrogens with zero attached hydrogens (tertiary/aromatic N) is 1. The second kappa shape index (κ2) is 7.45. The van der Waals surface area contributed by atoms with E-state index in [4.69, 9.17) is 9.15 Å². The number of amides is 1. The van der Waals surface area contributed by atoms with E-state index in [0.717, 1.165) is 50.4 Å². The Morgan fingerprint density at radius 1 is 1.40 bits per heavy atom. The van der Waals surface area contributed by atoms with Crippen LogP contribution in [0.2, 0.25) is 0 Å². The maximum Gasteiger partial charge on any atom is 0.248 e. The van der Waals surface area contributed by atoms with Gasteiger partial charge in [0.25, 0.3) is 0 Å². The van der Waals surface area contributed by atoms with Crippen LogP contribution in [0.5, 0.6) is 0 Å². The normalized spacial score (nSPS) is 16.6. The van der Waals surface area contributed by atoms with E-state index in [2.05, 4.69) is 12.2 Å². The van der Waals surface area contributed by atoms with E-state index >= 15 is 0 Å². The van der Waals surface area contributed by atoms with Crippen LogP contribution in [-0.2, 0) is 22.5 Å². The van der Waals surface area contributed by atoms with Gasteiger partial charge in [-0.05, 0) is 25.0 Å². The molecule has 1 aromatic heterocycles. The summed E-state index contributed by atoms with van der Waals surface area (Å²) in [7, 11) is 1.56. The van der Waals surface area contributed by atoms with Crippen LogP contribution in [0.3, 0.4) is 0 Å². The number of aryl methyl sites for hydroxylation is 1. The lowest BCUT2D eigenvalue weighted by molar-refractivity contribution is -0.136. The summed E-state index contributed by atoms with van der Waals surface area (Å²) in [5.74, 6) is 2.10. The van der Waals surface area contributed by atoms with Gasteiger partial charge in [0.2, 0.25) is 5.91 Å². The Bertz CT molecular complexity index is 423. The standard InChI is InChI=1S/C15H24N2O3/c1-3-13-4-5-14(20-13)10-16-12-6-8-17(9-7-12)15(18)11-19-2/h4-5,12,16H,3,6-11H2,1-2H3. The summed E-state index contributed by atoms with van der Waals surface area (Å²) in [6, 6.07) is 4.52. The summed E-state index contributed by atoms with van der Waals surface area (Å²) in [5, 5.41) is 3.50. The number of carbonyl (C=O) groups excluding carboxylic acids is 1. The third-order valence-electron chi connectivity index (χ3n) is 3.75. The molecule has 0 saturated carbocycles. The highest BCUT2D eigenvalue weighted by molar-refractivity contribution is 5.77. The number of methoxy groups -OCH3 is 1. The van der Waals surface area contributed by atoms with Gasteiger partial charge < -0.3 is 19.4 Å². The molecule has 1 aliphatic rings. The molecule has 2 rings (SSSR count). The van der Waals surface area contributed by atoms with Crippen molar-refractivity contribution in [1.82, 2.24) is 10.2 Å². The lowest BCUT2D eigenvalue weighted by atomic mass is 10.0. The minimum Gasteiger partial charge on any atom is -0.465 e. The third-order valence-corrected chi connectivity index (χ3v) is 3.75. The topological polar surface area (TPSA) is 54.7 Å². The first-order chi connectivity index (χ1) is 9.72. The van der Waals surface area contributed by atoms with E-state index < -0.39 is 0 Å². The number of likely N-dealkylation sites (tertiary alicyclic amines) is 1. The van der Waals surface area contributed by atoms with Crippen LogP contribution in [0.25, 0.3) is 0 Å². The predicted octanol–water partition coefficient (Wildman–Crippen LogP) is 1.57. The van der Waals surface area contributed by atoms with Gasteiger partial charge in [-0.15, -0.1) is 0 Å². The van der Waals surface area contributed by atoms with E-state index in [-0.39, 0.29) is 12.5 Å². The van der Waals surface area contributed by atoms with Gasteiger partial charge in [-0.3, -0.25) is 4.79 Å². The smallest absolute Gasteiger partial charge is 0.248 e. The Balaban J connectivity index is 1.70. The average molecular weight is 280 g/mol. The van der Waals surface area contributed by atoms with Gasteiger partial charge in [-0.1, -0.05) is 6.92 Å². The Kier molecular flexibility index (Phi) is 5.61. The summed E-state index contributed by atoms with van der Waals surface area (Å²) in [4.78, 5) is 13.6. The van der Waals surface area contributed by atoms with Gasteiger partial charge in [-0.25, -0.2) is 0 Å². The predicted molar refractivity (Wildman–Crippen MR) is 76.4 cm³/mol. The zero-order valence-corrected chi connectivity index (χ0v) is 12.4. The molecular formula is C15H24N2O3. The number of hydrogen-bond donors (Lipinski definition) is 1. The molecular weight excluding hydrogens is 256 g/mol. The molecule has 1 N–H and O–H groups in total. The molecule has 5 nitrogen and oxygen atoms in total. The van der Waals surface area contributed by atoms with Crippen molar-refractivity contribution in [1.29, 1.82) is 0 Å². The van der Waals surface area contributed by atoms with Gasteiger partial charge in [-0.2, -0.15) is 0 Å². The van der Waals surface area contributed by atoms with Crippen LogP contribution in [0.15, 0.2) is 16.5 Å². The van der Waals surface area contributed by atoms with Gasteiger partial charge in [0, 0.05) is 32.7 Å². The van der Waals surface area contributed by atoms with E-state index in [1.54, 1.807) is 7.11 Å². The first-order valence-corrected chi connectivity index (χ1v) is 7.30. The lowest BCUT2D eigenvalue weighted by Gasteiger charge is -2.32. The largest absolute Gasteiger partial charge is 0.465 e. The molecule has 5 heteroatoms. The molecule has 0 spiro atoms. The number of hydrogen-bond acceptors (Lipinski definition) is 4. The highest BCUT2D eigenvalue weighted by Gasteiger charge is 2.22. The SMILES string of the molecule is CCc1ccc(CNC2CCN(C(=O)COC)CC2)o1. The third kappa shape index (κ3) is 4.08. The molecule has 1 fully saturated rings. The minimum absolute atomic E-state index is 0.0876. The van der Waals surface area contributed by atoms with Crippen LogP contribution in [0, 0.1) is 0 Å². The van der Waals surface area contributed by atoms with Crippen molar-refractivity contribution in [2.75, 3.05) is 26.8 Å². The zero-order chi connectivity index (χ0) is 14.4. The first kappa shape index (κ1) is 15.1. The van der Waals surface area contributed by atoms with Crippen LogP contribution in [0.4, 0.5) is 0 Å². The first-order valence-electron chi connectivity index (χ1n) is 7.30. The molecule has 1 amide bonds. The van der Waals surface area contributed by atoms with Crippen molar-refractivity contribution in [3.8, 4) is 0 Å². The van der Waals surface area contributed by atoms with Gasteiger partial charge in [0.15, 0.2) is 0 Å². The van der Waals surface area contributed by atoms with Crippen LogP contribution in [0.1, 0.15) is 31.3 Å². The van der Waals surface area contributed by atoms with Crippen molar-refractivity contribution in [3.63, 3.8) is 0 Å². The average Bonchev–Trinajstić information content (AvgIpc) is 2.94. The number of furan rings is 1.